The molecule has 5 nitrogen and oxygen atoms in total. The summed E-state index contributed by atoms with van der Waals surface area (Å²) in [5.41, 5.74) is 1.85. The molecule has 0 saturated carbocycles. The summed E-state index contributed by atoms with van der Waals surface area (Å²) in [7, 11) is -4.23. The zero-order valence-corrected chi connectivity index (χ0v) is 21.1. The number of hydrogen-bond donors (Lipinski definition) is 1. The maximum absolute atomic E-state index is 11.7. The fraction of sp³-hybridized carbons (Fsp3) is 0.125. The van der Waals surface area contributed by atoms with E-state index in [0.717, 1.165) is 26.2 Å². The van der Waals surface area contributed by atoms with Crippen LogP contribution in [0.3, 0.4) is 0 Å². The summed E-state index contributed by atoms with van der Waals surface area (Å²) in [5, 5.41) is 4.62. The van der Waals surface area contributed by atoms with Crippen LogP contribution in [0.25, 0.3) is 27.1 Å². The number of halogens is 1. The van der Waals surface area contributed by atoms with Crippen LogP contribution >= 0.6 is 34.7 Å². The number of rotatable bonds is 4. The van der Waals surface area contributed by atoms with Crippen molar-refractivity contribution in [1.29, 1.82) is 0 Å². The second kappa shape index (κ2) is 9.48. The van der Waals surface area contributed by atoms with Crippen LogP contribution in [0.4, 0.5) is 5.69 Å². The largest absolute Gasteiger partial charge is 0.317 e. The molecule has 170 valence electrons. The van der Waals surface area contributed by atoms with Gasteiger partial charge in [-0.3, -0.25) is 4.55 Å². The van der Waals surface area contributed by atoms with Gasteiger partial charge in [-0.25, -0.2) is 0 Å². The Balaban J connectivity index is 0.00000126. The lowest BCUT2D eigenvalue weighted by Crippen LogP contribution is -2.34. The van der Waals surface area contributed by atoms with Crippen LogP contribution in [0.2, 0.25) is 5.02 Å². The van der Waals surface area contributed by atoms with Gasteiger partial charge in [0, 0.05) is 9.92 Å². The Labute approximate surface area is 206 Å². The summed E-state index contributed by atoms with van der Waals surface area (Å²) in [6, 6.07) is 17.9. The van der Waals surface area contributed by atoms with E-state index >= 15 is 0 Å². The summed E-state index contributed by atoms with van der Waals surface area (Å²) in [5.74, 6) is -0.529. The van der Waals surface area contributed by atoms with Gasteiger partial charge in [0.05, 0.1) is 22.2 Å². The topological polar surface area (TPSA) is 61.5 Å². The molecule has 1 aliphatic rings. The molecular formula is C24H22ClN2O3S3+. The van der Waals surface area contributed by atoms with Crippen molar-refractivity contribution < 1.29 is 17.5 Å². The Hall–Kier alpha value is -2.36. The molecular weight excluding hydrogens is 496 g/mol. The highest BCUT2D eigenvalue weighted by atomic mass is 35.5. The van der Waals surface area contributed by atoms with E-state index in [1.165, 1.54) is 28.1 Å². The number of anilines is 1. The van der Waals surface area contributed by atoms with Crippen LogP contribution in [0.5, 0.6) is 0 Å². The summed E-state index contributed by atoms with van der Waals surface area (Å²) >= 11 is 9.28. The van der Waals surface area contributed by atoms with E-state index in [0.29, 0.717) is 10.7 Å². The Morgan fingerprint density at radius 3 is 2.64 bits per heavy atom. The van der Waals surface area contributed by atoms with Gasteiger partial charge in [0.25, 0.3) is 15.1 Å². The minimum atomic E-state index is -4.23. The molecule has 0 fully saturated rings. The van der Waals surface area contributed by atoms with Crippen LogP contribution in [-0.4, -0.2) is 18.8 Å². The number of hydrogen-bond acceptors (Lipinski definition) is 5. The maximum atomic E-state index is 11.7. The highest BCUT2D eigenvalue weighted by Crippen LogP contribution is 2.48. The first-order valence-corrected chi connectivity index (χ1v) is 13.7. The molecule has 0 aliphatic carbocycles. The zero-order valence-electron chi connectivity index (χ0n) is 17.9. The molecule has 9 heteroatoms. The minimum absolute atomic E-state index is 0.512. The molecule has 1 aliphatic heterocycles. The van der Waals surface area contributed by atoms with Gasteiger partial charge in [0.2, 0.25) is 5.52 Å². The molecule has 2 heterocycles. The molecule has 0 atom stereocenters. The molecule has 1 aromatic heterocycles. The van der Waals surface area contributed by atoms with Crippen molar-refractivity contribution in [1.82, 2.24) is 0 Å². The van der Waals surface area contributed by atoms with Crippen LogP contribution in [0, 0.1) is 0 Å². The van der Waals surface area contributed by atoms with Crippen molar-refractivity contribution in [3.05, 3.63) is 82.8 Å². The van der Waals surface area contributed by atoms with E-state index in [1.54, 1.807) is 28.4 Å². The SMILES string of the molecule is C=C.CC[n+]1c(C=C2Sc3ccc(Cl)cc3N2CS(=O)(=O)O)sc2ccc3ccccc3c21. The Morgan fingerprint density at radius 2 is 1.91 bits per heavy atom. The van der Waals surface area contributed by atoms with Gasteiger partial charge in [0.1, 0.15) is 11.2 Å². The third-order valence-corrected chi connectivity index (χ3v) is 8.19. The number of aryl methyl sites for hydroxylation is 1. The number of fused-ring (bicyclic) bond motifs is 4. The van der Waals surface area contributed by atoms with Gasteiger partial charge >= 0.3 is 0 Å². The number of thiazole rings is 1. The van der Waals surface area contributed by atoms with Crippen LogP contribution in [-0.2, 0) is 16.7 Å². The molecule has 0 saturated heterocycles. The Kier molecular flexibility index (Phi) is 6.83. The predicted molar refractivity (Wildman–Crippen MR) is 141 cm³/mol. The van der Waals surface area contributed by atoms with E-state index < -0.39 is 16.0 Å². The van der Waals surface area contributed by atoms with Crippen molar-refractivity contribution in [3.63, 3.8) is 0 Å². The molecule has 4 aromatic rings. The fourth-order valence-corrected chi connectivity index (χ4v) is 7.06. The summed E-state index contributed by atoms with van der Waals surface area (Å²) in [4.78, 5) is 2.50. The zero-order chi connectivity index (χ0) is 23.8. The van der Waals surface area contributed by atoms with Gasteiger partial charge in [-0.05, 0) is 42.6 Å². The first-order chi connectivity index (χ1) is 15.8. The monoisotopic (exact) mass is 517 g/mol. The molecule has 1 N–H and O–H groups in total. The Bertz CT molecular complexity index is 1500. The second-order valence-corrected chi connectivity index (χ2v) is 11.1. The highest BCUT2D eigenvalue weighted by molar-refractivity contribution is 8.04. The smallest absolute Gasteiger partial charge is 0.283 e. The normalized spacial score (nSPS) is 14.5. The standard InChI is InChI=1S/C22H17ClN2O3S3.C2H4/c1-2-24-20(30-19-9-7-14-5-3-4-6-16(14)22(19)24)12-21-25(13-31(26,27)28)17-11-15(23)8-10-18(17)29-21;1-2/h3-12H,2,13H2,1H3;1-2H2/p+1. The quantitative estimate of drug-likeness (QED) is 0.188. The highest BCUT2D eigenvalue weighted by Gasteiger charge is 2.31. The molecule has 0 bridgehead atoms. The molecule has 0 radical (unpaired) electrons. The molecule has 3 aromatic carbocycles. The minimum Gasteiger partial charge on any atom is -0.317 e. The van der Waals surface area contributed by atoms with Gasteiger partial charge in [-0.15, -0.1) is 13.2 Å². The molecule has 5 rings (SSSR count). The average Bonchev–Trinajstić information content (AvgIpc) is 3.31. The van der Waals surface area contributed by atoms with E-state index in [2.05, 4.69) is 48.9 Å². The fourth-order valence-electron chi connectivity index (χ4n) is 3.88. The van der Waals surface area contributed by atoms with Gasteiger partial charge in [-0.2, -0.15) is 13.0 Å². The second-order valence-electron chi connectivity index (χ2n) is 7.15. The number of nitrogens with zero attached hydrogens (tertiary/aromatic N) is 2. The van der Waals surface area contributed by atoms with Crippen molar-refractivity contribution in [2.24, 2.45) is 0 Å². The predicted octanol–water partition coefficient (Wildman–Crippen LogP) is 6.57. The first kappa shape index (κ1) is 23.8. The summed E-state index contributed by atoms with van der Waals surface area (Å²) in [6.45, 7) is 8.87. The number of aromatic nitrogens is 1. The third-order valence-electron chi connectivity index (χ3n) is 5.16. The lowest BCUT2D eigenvalue weighted by Gasteiger charge is -2.18. The number of benzene rings is 3. The lowest BCUT2D eigenvalue weighted by molar-refractivity contribution is -0.664. The first-order valence-electron chi connectivity index (χ1n) is 10.1. The summed E-state index contributed by atoms with van der Waals surface area (Å²) < 4.78 is 36.4. The van der Waals surface area contributed by atoms with E-state index in [1.807, 2.05) is 24.3 Å². The lowest BCUT2D eigenvalue weighted by atomic mass is 10.1. The van der Waals surface area contributed by atoms with Gasteiger partial charge in [0.15, 0.2) is 5.88 Å². The Morgan fingerprint density at radius 1 is 1.15 bits per heavy atom. The molecule has 0 spiro atoms. The average molecular weight is 518 g/mol. The molecule has 33 heavy (non-hydrogen) atoms. The van der Waals surface area contributed by atoms with Crippen molar-refractivity contribution in [2.45, 2.75) is 18.4 Å². The van der Waals surface area contributed by atoms with Crippen molar-refractivity contribution >= 4 is 77.6 Å². The van der Waals surface area contributed by atoms with Crippen LogP contribution < -0.4 is 9.47 Å². The third kappa shape index (κ3) is 4.67. The summed E-state index contributed by atoms with van der Waals surface area (Å²) in [6.07, 6.45) is 1.99. The molecule has 0 unspecified atom stereocenters. The number of thioether (sulfide) groups is 1. The molecule has 0 amide bonds. The maximum Gasteiger partial charge on any atom is 0.283 e. The van der Waals surface area contributed by atoms with Gasteiger partial charge < -0.3 is 4.90 Å². The van der Waals surface area contributed by atoms with Gasteiger partial charge in [-0.1, -0.05) is 59.0 Å². The van der Waals surface area contributed by atoms with Crippen molar-refractivity contribution in [2.75, 3.05) is 10.8 Å². The van der Waals surface area contributed by atoms with E-state index in [9.17, 15) is 13.0 Å². The van der Waals surface area contributed by atoms with E-state index in [-0.39, 0.29) is 0 Å². The van der Waals surface area contributed by atoms with Crippen molar-refractivity contribution in [3.8, 4) is 0 Å². The van der Waals surface area contributed by atoms with Crippen LogP contribution in [0.1, 0.15) is 11.9 Å². The van der Waals surface area contributed by atoms with Crippen LogP contribution in [0.15, 0.2) is 77.7 Å². The van der Waals surface area contributed by atoms with E-state index in [4.69, 9.17) is 11.6 Å².